The summed E-state index contributed by atoms with van der Waals surface area (Å²) >= 11 is 0. The van der Waals surface area contributed by atoms with Crippen LogP contribution in [0.2, 0.25) is 0 Å². The van der Waals surface area contributed by atoms with E-state index in [2.05, 4.69) is 26.4 Å². The van der Waals surface area contributed by atoms with Gasteiger partial charge < -0.3 is 9.47 Å². The molecule has 0 spiro atoms. The van der Waals surface area contributed by atoms with Gasteiger partial charge in [-0.1, -0.05) is 6.07 Å². The van der Waals surface area contributed by atoms with E-state index in [0.29, 0.717) is 12.4 Å². The summed E-state index contributed by atoms with van der Waals surface area (Å²) in [6, 6.07) is 6.37. The van der Waals surface area contributed by atoms with E-state index in [1.165, 1.54) is 17.5 Å². The van der Waals surface area contributed by atoms with Gasteiger partial charge in [0.05, 0.1) is 6.61 Å². The quantitative estimate of drug-likeness (QED) is 0.640. The molecule has 21 heavy (non-hydrogen) atoms. The van der Waals surface area contributed by atoms with Gasteiger partial charge in [0.25, 0.3) is 0 Å². The number of nitrogens with one attached hydrogen (secondary N) is 1. The number of benzene rings is 1. The van der Waals surface area contributed by atoms with Crippen LogP contribution >= 0.6 is 0 Å². The first-order valence-corrected chi connectivity index (χ1v) is 6.93. The lowest BCUT2D eigenvalue weighted by Crippen LogP contribution is -2.12. The number of anilines is 1. The van der Waals surface area contributed by atoms with E-state index in [1.807, 2.05) is 19.1 Å². The van der Waals surface area contributed by atoms with Crippen molar-refractivity contribution in [2.24, 2.45) is 5.84 Å². The maximum atomic E-state index is 5.70. The third-order valence-electron chi connectivity index (χ3n) is 3.28. The number of ether oxygens (including phenoxy) is 2. The average Bonchev–Trinajstić information content (AvgIpc) is 2.95. The Morgan fingerprint density at radius 3 is 2.76 bits per heavy atom. The minimum absolute atomic E-state index is 0.152. The van der Waals surface area contributed by atoms with E-state index in [9.17, 15) is 0 Å². The molecule has 1 aromatic carbocycles. The molecule has 0 saturated heterocycles. The highest BCUT2D eigenvalue weighted by Crippen LogP contribution is 2.28. The first kappa shape index (κ1) is 13.6. The van der Waals surface area contributed by atoms with Crippen LogP contribution in [0.15, 0.2) is 18.2 Å². The van der Waals surface area contributed by atoms with Crippen molar-refractivity contribution in [1.82, 2.24) is 15.0 Å². The summed E-state index contributed by atoms with van der Waals surface area (Å²) < 4.78 is 11.0. The molecule has 0 atom stereocenters. The molecule has 0 saturated carbocycles. The highest BCUT2D eigenvalue weighted by Gasteiger charge is 2.13. The molecule has 0 radical (unpaired) electrons. The lowest BCUT2D eigenvalue weighted by Gasteiger charge is -2.08. The van der Waals surface area contributed by atoms with Gasteiger partial charge in [0.15, 0.2) is 0 Å². The van der Waals surface area contributed by atoms with E-state index in [0.717, 1.165) is 12.8 Å². The Morgan fingerprint density at radius 2 is 1.95 bits per heavy atom. The Hall–Kier alpha value is -2.41. The molecule has 0 bridgehead atoms. The lowest BCUT2D eigenvalue weighted by atomic mass is 10.1. The standard InChI is InChI=1S/C14H17N5O2/c1-2-20-13-16-12(19-15)17-14(18-13)21-11-7-6-9-4-3-5-10(9)8-11/h6-8H,2-5,15H2,1H3,(H,16,17,18,19). The van der Waals surface area contributed by atoms with Crippen LogP contribution in [0.25, 0.3) is 0 Å². The minimum atomic E-state index is 0.152. The van der Waals surface area contributed by atoms with Crippen LogP contribution in [-0.2, 0) is 12.8 Å². The third-order valence-corrected chi connectivity index (χ3v) is 3.28. The van der Waals surface area contributed by atoms with Crippen LogP contribution < -0.4 is 20.7 Å². The van der Waals surface area contributed by atoms with Crippen molar-refractivity contribution in [2.75, 3.05) is 12.0 Å². The monoisotopic (exact) mass is 287 g/mol. The van der Waals surface area contributed by atoms with E-state index in [1.54, 1.807) is 0 Å². The second-order valence-corrected chi connectivity index (χ2v) is 4.69. The molecule has 0 fully saturated rings. The van der Waals surface area contributed by atoms with Crippen molar-refractivity contribution in [3.05, 3.63) is 29.3 Å². The van der Waals surface area contributed by atoms with E-state index < -0.39 is 0 Å². The molecular formula is C14H17N5O2. The van der Waals surface area contributed by atoms with Crippen LogP contribution in [0, 0.1) is 0 Å². The summed E-state index contributed by atoms with van der Waals surface area (Å²) in [5.74, 6) is 6.24. The van der Waals surface area contributed by atoms with Crippen LogP contribution in [0.3, 0.4) is 0 Å². The van der Waals surface area contributed by atoms with Gasteiger partial charge >= 0.3 is 12.0 Å². The topological polar surface area (TPSA) is 95.2 Å². The fourth-order valence-electron chi connectivity index (χ4n) is 2.36. The van der Waals surface area contributed by atoms with Crippen molar-refractivity contribution in [2.45, 2.75) is 26.2 Å². The Bertz CT molecular complexity index is 647. The zero-order valence-corrected chi connectivity index (χ0v) is 11.8. The largest absolute Gasteiger partial charge is 0.464 e. The van der Waals surface area contributed by atoms with Gasteiger partial charge in [-0.2, -0.15) is 9.97 Å². The molecule has 0 aliphatic heterocycles. The summed E-state index contributed by atoms with van der Waals surface area (Å²) in [4.78, 5) is 12.1. The second kappa shape index (κ2) is 5.92. The predicted molar refractivity (Wildman–Crippen MR) is 77.3 cm³/mol. The molecule has 110 valence electrons. The first-order valence-electron chi connectivity index (χ1n) is 6.93. The number of rotatable bonds is 5. The fraction of sp³-hybridized carbons (Fsp3) is 0.357. The molecule has 3 N–H and O–H groups in total. The third kappa shape index (κ3) is 3.03. The van der Waals surface area contributed by atoms with Gasteiger partial charge in [-0.3, -0.25) is 5.43 Å². The number of aromatic nitrogens is 3. The van der Waals surface area contributed by atoms with Crippen molar-refractivity contribution < 1.29 is 9.47 Å². The maximum Gasteiger partial charge on any atom is 0.330 e. The first-order chi connectivity index (χ1) is 10.3. The van der Waals surface area contributed by atoms with Crippen LogP contribution in [-0.4, -0.2) is 21.6 Å². The van der Waals surface area contributed by atoms with E-state index in [4.69, 9.17) is 15.3 Å². The number of hydrazine groups is 1. The molecule has 2 aromatic rings. The number of fused-ring (bicyclic) bond motifs is 1. The zero-order valence-electron chi connectivity index (χ0n) is 11.8. The summed E-state index contributed by atoms with van der Waals surface area (Å²) in [6.07, 6.45) is 3.42. The van der Waals surface area contributed by atoms with Crippen molar-refractivity contribution in [3.63, 3.8) is 0 Å². The molecule has 3 rings (SSSR count). The summed E-state index contributed by atoms with van der Waals surface area (Å²) in [5.41, 5.74) is 5.08. The maximum absolute atomic E-state index is 5.70. The number of aryl methyl sites for hydroxylation is 2. The summed E-state index contributed by atoms with van der Waals surface area (Å²) in [5, 5.41) is 0. The number of nitrogen functional groups attached to an aromatic ring is 1. The van der Waals surface area contributed by atoms with Crippen molar-refractivity contribution in [3.8, 4) is 17.8 Å². The van der Waals surface area contributed by atoms with Crippen molar-refractivity contribution >= 4 is 5.95 Å². The van der Waals surface area contributed by atoms with Gasteiger partial charge in [0, 0.05) is 0 Å². The SMILES string of the molecule is CCOc1nc(NN)nc(Oc2ccc3c(c2)CCC3)n1. The number of hydrogen-bond acceptors (Lipinski definition) is 7. The number of nitrogens with zero attached hydrogens (tertiary/aromatic N) is 3. The smallest absolute Gasteiger partial charge is 0.330 e. The second-order valence-electron chi connectivity index (χ2n) is 4.69. The van der Waals surface area contributed by atoms with E-state index >= 15 is 0 Å². The van der Waals surface area contributed by atoms with Gasteiger partial charge in [-0.05, 0) is 49.4 Å². The molecule has 1 heterocycles. The number of hydrogen-bond donors (Lipinski definition) is 2. The van der Waals surface area contributed by atoms with Crippen molar-refractivity contribution in [1.29, 1.82) is 0 Å². The summed E-state index contributed by atoms with van der Waals surface area (Å²) in [7, 11) is 0. The van der Waals surface area contributed by atoms with Gasteiger partial charge in [-0.15, -0.1) is 4.98 Å². The molecule has 0 unspecified atom stereocenters. The molecule has 0 amide bonds. The van der Waals surface area contributed by atoms with Gasteiger partial charge in [-0.25, -0.2) is 5.84 Å². The van der Waals surface area contributed by atoms with E-state index in [-0.39, 0.29) is 18.0 Å². The summed E-state index contributed by atoms with van der Waals surface area (Å²) in [6.45, 7) is 2.30. The normalized spacial score (nSPS) is 12.9. The molecule has 7 nitrogen and oxygen atoms in total. The average molecular weight is 287 g/mol. The molecular weight excluding hydrogens is 270 g/mol. The lowest BCUT2D eigenvalue weighted by molar-refractivity contribution is 0.304. The molecule has 1 aliphatic carbocycles. The van der Waals surface area contributed by atoms with Crippen LogP contribution in [0.4, 0.5) is 5.95 Å². The fourth-order valence-corrected chi connectivity index (χ4v) is 2.36. The molecule has 1 aliphatic rings. The Kier molecular flexibility index (Phi) is 3.83. The Labute approximate surface area is 122 Å². The van der Waals surface area contributed by atoms with Gasteiger partial charge in [0.1, 0.15) is 5.75 Å². The Balaban J connectivity index is 1.85. The van der Waals surface area contributed by atoms with Crippen LogP contribution in [0.1, 0.15) is 24.5 Å². The number of nitrogens with two attached hydrogens (primary N) is 1. The zero-order chi connectivity index (χ0) is 14.7. The highest BCUT2D eigenvalue weighted by atomic mass is 16.5. The predicted octanol–water partition coefficient (Wildman–Crippen LogP) is 1.84. The molecule has 1 aromatic heterocycles. The Morgan fingerprint density at radius 1 is 1.14 bits per heavy atom. The van der Waals surface area contributed by atoms with Crippen LogP contribution in [0.5, 0.6) is 17.8 Å². The van der Waals surface area contributed by atoms with Gasteiger partial charge in [0.2, 0.25) is 5.95 Å². The molecule has 7 heteroatoms. The highest BCUT2D eigenvalue weighted by molar-refractivity contribution is 5.39. The minimum Gasteiger partial charge on any atom is -0.464 e.